The molecule has 26 rings (SSSR count). The highest BCUT2D eigenvalue weighted by Crippen LogP contribution is 2.57. The van der Waals surface area contributed by atoms with E-state index < -0.39 is 0 Å². The average molecular weight is 1680 g/mol. The molecular weight excluding hydrogens is 1590 g/mol. The Bertz CT molecular complexity index is 9330. The quantitative estimate of drug-likeness (QED) is 0.111. The zero-order valence-electron chi connectivity index (χ0n) is 72.7. The Labute approximate surface area is 747 Å². The van der Waals surface area contributed by atoms with Crippen molar-refractivity contribution in [3.05, 3.63) is 396 Å². The maximum Gasteiger partial charge on any atom is 0.159 e. The molecular formula is C120H82N4O6. The fourth-order valence-corrected chi connectivity index (χ4v) is 21.2. The van der Waals surface area contributed by atoms with E-state index >= 15 is 0 Å². The van der Waals surface area contributed by atoms with Gasteiger partial charge in [0.2, 0.25) is 0 Å². The Balaban J connectivity index is 0.711. The summed E-state index contributed by atoms with van der Waals surface area (Å²) in [5.74, 6) is 0. The van der Waals surface area contributed by atoms with Gasteiger partial charge in [0, 0.05) is 130 Å². The van der Waals surface area contributed by atoms with Crippen LogP contribution in [0.1, 0.15) is 44.5 Å². The topological polar surface area (TPSA) is 91.8 Å². The van der Waals surface area contributed by atoms with Crippen LogP contribution >= 0.6 is 0 Å². The van der Waals surface area contributed by atoms with Gasteiger partial charge in [0.15, 0.2) is 22.3 Å². The molecule has 130 heavy (non-hydrogen) atoms. The zero-order valence-corrected chi connectivity index (χ0v) is 72.7. The van der Waals surface area contributed by atoms with Crippen molar-refractivity contribution >= 4 is 243 Å². The lowest BCUT2D eigenvalue weighted by Crippen LogP contribution is -2.12. The molecule has 0 spiro atoms. The van der Waals surface area contributed by atoms with Crippen LogP contribution in [0.5, 0.6) is 0 Å². The molecule has 0 radical (unpaired) electrons. The number of benzene rings is 20. The zero-order chi connectivity index (χ0) is 86.7. The second kappa shape index (κ2) is 28.5. The second-order valence-electron chi connectivity index (χ2n) is 35.5. The lowest BCUT2D eigenvalue weighted by molar-refractivity contribution is 0.668. The SMILES string of the molecule is Cc1cc(C)cc(N(c2cc3c4cc(N(c5cc(C)cc(C)c5)c5cccc6c5oc5cccc(-c7ccc8c(N(c9ccc(C)c(C)c9)c9cccc%10c9oc9ccccc9%10)cc9c%10cc(N(c%11ccc(C)c(C)c%11)c%11cccc%12c%11oc%11ccccc%11%12)c%11ccccc%11c%10oc9c8c7)c56)c5ccccc5c4oc3c3ccccc23)c2cccc3c2oc2ccccc23)c1. The first kappa shape index (κ1) is 74.8. The molecule has 0 unspecified atom stereocenters. The van der Waals surface area contributed by atoms with Crippen molar-refractivity contribution in [3.63, 3.8) is 0 Å². The summed E-state index contributed by atoms with van der Waals surface area (Å²) in [5, 5.41) is 20.0. The van der Waals surface area contributed by atoms with Crippen LogP contribution in [0, 0.1) is 55.4 Å². The number of nitrogens with zero attached hydrogens (tertiary/aromatic N) is 4. The lowest BCUT2D eigenvalue weighted by Gasteiger charge is -2.28. The minimum atomic E-state index is 0.739. The first-order chi connectivity index (χ1) is 63.7. The maximum atomic E-state index is 7.81. The van der Waals surface area contributed by atoms with Crippen molar-refractivity contribution in [2.45, 2.75) is 55.4 Å². The van der Waals surface area contributed by atoms with Crippen LogP contribution in [-0.2, 0) is 0 Å². The van der Waals surface area contributed by atoms with E-state index in [0.717, 1.165) is 276 Å². The van der Waals surface area contributed by atoms with Crippen LogP contribution in [0.4, 0.5) is 68.2 Å². The Kier molecular flexibility index (Phi) is 16.4. The largest absolute Gasteiger partial charge is 0.455 e. The van der Waals surface area contributed by atoms with Crippen molar-refractivity contribution in [1.29, 1.82) is 0 Å². The van der Waals surface area contributed by atoms with Gasteiger partial charge in [-0.2, -0.15) is 0 Å². The van der Waals surface area contributed by atoms with E-state index in [1.807, 2.05) is 18.2 Å². The van der Waals surface area contributed by atoms with Crippen LogP contribution in [0.2, 0.25) is 0 Å². The van der Waals surface area contributed by atoms with Crippen LogP contribution in [0.3, 0.4) is 0 Å². The van der Waals surface area contributed by atoms with Gasteiger partial charge < -0.3 is 46.1 Å². The molecule has 0 aliphatic rings. The summed E-state index contributed by atoms with van der Waals surface area (Å²) in [6.07, 6.45) is 0. The van der Waals surface area contributed by atoms with Crippen molar-refractivity contribution in [3.8, 4) is 11.1 Å². The van der Waals surface area contributed by atoms with Gasteiger partial charge in [0.1, 0.15) is 44.7 Å². The predicted octanol–water partition coefficient (Wildman–Crippen LogP) is 35.7. The standard InChI is InChI=1S/C120H82N4O6/c1-67-54-68(2)57-78(56-67)123(102-42-23-38-93-87-31-17-20-46-110(87)127-119(93)102)105-64-96-97-65-106(83-28-11-14-34-90(83)114(97)129-113(96)89-33-13-10-27-82(89)105)124(79-58-69(3)55-70(4)59-79)103-43-24-39-94-112-80(35-25-47-111(112)128-120(94)103)75-50-53-84-95(62-75)116-99(66-107(84)122(77-52-49-72(6)74(8)61-77)101-41-22-37-92-86-30-16-19-45-109(86)126-118(92)101)98-63-104(81-26-9-12-32-88(81)115(98)130-116)121(76-51-48-71(5)73(7)60-76)100-40-21-36-91-85-29-15-18-44-108(85)125-117(91)100/h9-66H,1-8H3. The molecule has 10 heteroatoms. The fourth-order valence-electron chi connectivity index (χ4n) is 21.2. The highest BCUT2D eigenvalue weighted by molar-refractivity contribution is 6.30. The van der Waals surface area contributed by atoms with Crippen LogP contribution in [-0.4, -0.2) is 0 Å². The Morgan fingerprint density at radius 2 is 0.446 bits per heavy atom. The van der Waals surface area contributed by atoms with E-state index in [1.54, 1.807) is 0 Å². The number of anilines is 12. The third kappa shape index (κ3) is 11.3. The molecule has 20 aromatic carbocycles. The Hall–Kier alpha value is -16.6. The minimum Gasteiger partial charge on any atom is -0.455 e. The number of fused-ring (bicyclic) bond motifs is 26. The third-order valence-electron chi connectivity index (χ3n) is 27.3. The maximum absolute atomic E-state index is 7.81. The molecule has 0 bridgehead atoms. The summed E-state index contributed by atoms with van der Waals surface area (Å²) in [4.78, 5) is 9.64. The summed E-state index contributed by atoms with van der Waals surface area (Å²) in [7, 11) is 0. The van der Waals surface area contributed by atoms with E-state index in [2.05, 4.69) is 409 Å². The summed E-state index contributed by atoms with van der Waals surface area (Å²) in [6.45, 7) is 17.5. The highest BCUT2D eigenvalue weighted by Gasteiger charge is 2.33. The summed E-state index contributed by atoms with van der Waals surface area (Å²) in [5.41, 5.74) is 32.3. The number of aryl methyl sites for hydroxylation is 8. The van der Waals surface area contributed by atoms with Gasteiger partial charge in [0.25, 0.3) is 0 Å². The van der Waals surface area contributed by atoms with Crippen molar-refractivity contribution in [2.24, 2.45) is 0 Å². The molecule has 0 amide bonds. The van der Waals surface area contributed by atoms with E-state index in [-0.39, 0.29) is 0 Å². The van der Waals surface area contributed by atoms with Gasteiger partial charge in [-0.3, -0.25) is 0 Å². The van der Waals surface area contributed by atoms with Crippen molar-refractivity contribution < 1.29 is 26.5 Å². The molecule has 0 aliphatic heterocycles. The van der Waals surface area contributed by atoms with E-state index in [0.29, 0.717) is 0 Å². The number of furan rings is 6. The normalized spacial score (nSPS) is 12.2. The second-order valence-corrected chi connectivity index (χ2v) is 35.5. The van der Waals surface area contributed by atoms with E-state index in [9.17, 15) is 0 Å². The molecule has 0 fully saturated rings. The van der Waals surface area contributed by atoms with Gasteiger partial charge >= 0.3 is 0 Å². The Morgan fingerprint density at radius 1 is 0.162 bits per heavy atom. The predicted molar refractivity (Wildman–Crippen MR) is 542 cm³/mol. The molecule has 0 saturated heterocycles. The molecule has 0 saturated carbocycles. The first-order valence-electron chi connectivity index (χ1n) is 44.6. The van der Waals surface area contributed by atoms with Crippen LogP contribution in [0.15, 0.2) is 378 Å². The fraction of sp³-hybridized carbons (Fsp3) is 0.0667. The van der Waals surface area contributed by atoms with Gasteiger partial charge in [-0.1, -0.05) is 224 Å². The van der Waals surface area contributed by atoms with Gasteiger partial charge in [0.05, 0.1) is 45.5 Å². The minimum absolute atomic E-state index is 0.739. The summed E-state index contributed by atoms with van der Waals surface area (Å²) < 4.78 is 44.0. The van der Waals surface area contributed by atoms with Crippen molar-refractivity contribution in [1.82, 2.24) is 0 Å². The average Bonchev–Trinajstić information content (AvgIpc) is 1.54. The lowest BCUT2D eigenvalue weighted by atomic mass is 9.94. The van der Waals surface area contributed by atoms with Crippen molar-refractivity contribution in [2.75, 3.05) is 19.6 Å². The molecule has 6 heterocycles. The van der Waals surface area contributed by atoms with Gasteiger partial charge in [-0.15, -0.1) is 0 Å². The number of hydrogen-bond acceptors (Lipinski definition) is 10. The monoisotopic (exact) mass is 1670 g/mol. The van der Waals surface area contributed by atoms with Crippen LogP contribution < -0.4 is 19.6 Å². The van der Waals surface area contributed by atoms with Crippen LogP contribution in [0.25, 0.3) is 186 Å². The summed E-state index contributed by atoms with van der Waals surface area (Å²) in [6, 6.07) is 128. The third-order valence-corrected chi connectivity index (χ3v) is 27.3. The van der Waals surface area contributed by atoms with E-state index in [1.165, 1.54) is 22.3 Å². The summed E-state index contributed by atoms with van der Waals surface area (Å²) >= 11 is 0. The highest BCUT2D eigenvalue weighted by atomic mass is 16.4. The molecule has 0 aliphatic carbocycles. The van der Waals surface area contributed by atoms with E-state index in [4.69, 9.17) is 26.5 Å². The number of para-hydroxylation sites is 7. The smallest absolute Gasteiger partial charge is 0.159 e. The Morgan fingerprint density at radius 3 is 0.831 bits per heavy atom. The van der Waals surface area contributed by atoms with Gasteiger partial charge in [-0.25, -0.2) is 0 Å². The number of hydrogen-bond donors (Lipinski definition) is 0. The molecule has 618 valence electrons. The molecule has 10 nitrogen and oxygen atoms in total. The molecule has 26 aromatic rings. The number of rotatable bonds is 13. The molecule has 0 atom stereocenters. The molecule has 0 N–H and O–H groups in total. The van der Waals surface area contributed by atoms with Gasteiger partial charge in [-0.05, 0) is 238 Å². The molecule has 6 aromatic heterocycles. The first-order valence-corrected chi connectivity index (χ1v) is 44.6.